The minimum Gasteiger partial charge on any atom is -0.268 e. The number of rotatable bonds is 3. The molecule has 0 radical (unpaired) electrons. The van der Waals surface area contributed by atoms with Crippen molar-refractivity contribution >= 4 is 40.5 Å². The molecule has 0 aromatic heterocycles. The quantitative estimate of drug-likeness (QED) is 0.468. The number of benzene rings is 2. The SMILES string of the molecule is Cc1ccc(C=CC(=O)NNC(=O)c2ccccc2I)cc1. The van der Waals surface area contributed by atoms with E-state index in [9.17, 15) is 9.59 Å². The predicted molar refractivity (Wildman–Crippen MR) is 95.0 cm³/mol. The molecule has 22 heavy (non-hydrogen) atoms. The minimum atomic E-state index is -0.389. The second-order valence-corrected chi connectivity index (χ2v) is 5.83. The van der Waals surface area contributed by atoms with E-state index in [0.29, 0.717) is 5.56 Å². The van der Waals surface area contributed by atoms with Gasteiger partial charge in [0.15, 0.2) is 0 Å². The van der Waals surface area contributed by atoms with Crippen LogP contribution in [0.3, 0.4) is 0 Å². The Balaban J connectivity index is 1.89. The average molecular weight is 406 g/mol. The van der Waals surface area contributed by atoms with E-state index < -0.39 is 0 Å². The smallest absolute Gasteiger partial charge is 0.268 e. The lowest BCUT2D eigenvalue weighted by atomic mass is 10.1. The fourth-order valence-electron chi connectivity index (χ4n) is 1.72. The summed E-state index contributed by atoms with van der Waals surface area (Å²) in [7, 11) is 0. The predicted octanol–water partition coefficient (Wildman–Crippen LogP) is 3.07. The van der Waals surface area contributed by atoms with Crippen LogP contribution in [-0.4, -0.2) is 11.8 Å². The van der Waals surface area contributed by atoms with Gasteiger partial charge in [-0.25, -0.2) is 0 Å². The lowest BCUT2D eigenvalue weighted by molar-refractivity contribution is -0.117. The van der Waals surface area contributed by atoms with Crippen molar-refractivity contribution < 1.29 is 9.59 Å². The lowest BCUT2D eigenvalue weighted by Crippen LogP contribution is -2.41. The summed E-state index contributed by atoms with van der Waals surface area (Å²) in [5.41, 5.74) is 7.35. The Kier molecular flexibility index (Phi) is 5.71. The Hall–Kier alpha value is -2.15. The molecule has 0 fully saturated rings. The number of aryl methyl sites for hydroxylation is 1. The van der Waals surface area contributed by atoms with Crippen LogP contribution in [-0.2, 0) is 4.79 Å². The highest BCUT2D eigenvalue weighted by Gasteiger charge is 2.08. The molecule has 0 aliphatic heterocycles. The third kappa shape index (κ3) is 4.70. The normalized spacial score (nSPS) is 10.5. The third-order valence-corrected chi connectivity index (χ3v) is 3.86. The Morgan fingerprint density at radius 2 is 1.68 bits per heavy atom. The Bertz CT molecular complexity index is 709. The molecule has 5 heteroatoms. The number of carbonyl (C=O) groups is 2. The Labute approximate surface area is 142 Å². The van der Waals surface area contributed by atoms with Crippen LogP contribution in [0.5, 0.6) is 0 Å². The molecule has 0 atom stereocenters. The van der Waals surface area contributed by atoms with Crippen molar-refractivity contribution in [2.24, 2.45) is 0 Å². The molecule has 2 amide bonds. The van der Waals surface area contributed by atoms with Gasteiger partial charge < -0.3 is 0 Å². The summed E-state index contributed by atoms with van der Waals surface area (Å²) in [6, 6.07) is 14.9. The first-order valence-electron chi connectivity index (χ1n) is 6.66. The summed E-state index contributed by atoms with van der Waals surface area (Å²) in [4.78, 5) is 23.6. The third-order valence-electron chi connectivity index (χ3n) is 2.92. The second-order valence-electron chi connectivity index (χ2n) is 4.67. The maximum atomic E-state index is 11.9. The summed E-state index contributed by atoms with van der Waals surface area (Å²) in [6.07, 6.45) is 3.06. The van der Waals surface area contributed by atoms with Crippen LogP contribution < -0.4 is 10.9 Å². The molecule has 112 valence electrons. The number of hydrogen-bond acceptors (Lipinski definition) is 2. The molecule has 0 saturated heterocycles. The molecule has 0 aliphatic rings. The van der Waals surface area contributed by atoms with Crippen molar-refractivity contribution in [3.63, 3.8) is 0 Å². The van der Waals surface area contributed by atoms with Gasteiger partial charge >= 0.3 is 0 Å². The number of amides is 2. The molecule has 2 aromatic carbocycles. The van der Waals surface area contributed by atoms with Gasteiger partial charge in [0.05, 0.1) is 5.56 Å². The van der Waals surface area contributed by atoms with E-state index in [-0.39, 0.29) is 11.8 Å². The van der Waals surface area contributed by atoms with Gasteiger partial charge in [0, 0.05) is 9.65 Å². The number of carbonyl (C=O) groups excluding carboxylic acids is 2. The summed E-state index contributed by atoms with van der Waals surface area (Å²) in [6.45, 7) is 2.00. The lowest BCUT2D eigenvalue weighted by Gasteiger charge is -2.06. The van der Waals surface area contributed by atoms with Crippen LogP contribution in [0.2, 0.25) is 0 Å². The zero-order valence-electron chi connectivity index (χ0n) is 12.0. The second kappa shape index (κ2) is 7.74. The van der Waals surface area contributed by atoms with Crippen molar-refractivity contribution in [2.45, 2.75) is 6.92 Å². The molecule has 0 unspecified atom stereocenters. The van der Waals surface area contributed by atoms with Crippen LogP contribution in [0.25, 0.3) is 6.08 Å². The first-order valence-corrected chi connectivity index (χ1v) is 7.74. The first-order chi connectivity index (χ1) is 10.6. The minimum absolute atomic E-state index is 0.345. The molecule has 0 bridgehead atoms. The monoisotopic (exact) mass is 406 g/mol. The van der Waals surface area contributed by atoms with Crippen molar-refractivity contribution in [3.05, 3.63) is 74.9 Å². The van der Waals surface area contributed by atoms with Crippen LogP contribution in [0.4, 0.5) is 0 Å². The van der Waals surface area contributed by atoms with Crippen LogP contribution in [0.1, 0.15) is 21.5 Å². The largest absolute Gasteiger partial charge is 0.270 e. The highest BCUT2D eigenvalue weighted by molar-refractivity contribution is 14.1. The first kappa shape index (κ1) is 16.2. The topological polar surface area (TPSA) is 58.2 Å². The number of halogens is 1. The molecule has 0 heterocycles. The van der Waals surface area contributed by atoms with E-state index in [1.807, 2.05) is 43.3 Å². The number of hydrazine groups is 1. The van der Waals surface area contributed by atoms with E-state index in [1.165, 1.54) is 6.08 Å². The standard InChI is InChI=1S/C17H15IN2O2/c1-12-6-8-13(9-7-12)10-11-16(21)19-20-17(22)14-4-2-3-5-15(14)18/h2-11H,1H3,(H,19,21)(H,20,22). The van der Waals surface area contributed by atoms with Crippen LogP contribution in [0, 0.1) is 10.5 Å². The van der Waals surface area contributed by atoms with E-state index in [4.69, 9.17) is 0 Å². The van der Waals surface area contributed by atoms with Gasteiger partial charge in [0.25, 0.3) is 11.8 Å². The number of hydrogen-bond donors (Lipinski definition) is 2. The zero-order chi connectivity index (χ0) is 15.9. The Morgan fingerprint density at radius 1 is 1.00 bits per heavy atom. The molecule has 2 N–H and O–H groups in total. The van der Waals surface area contributed by atoms with Crippen LogP contribution in [0.15, 0.2) is 54.6 Å². The fraction of sp³-hybridized carbons (Fsp3) is 0.0588. The summed E-state index contributed by atoms with van der Waals surface area (Å²) >= 11 is 2.07. The summed E-state index contributed by atoms with van der Waals surface area (Å²) < 4.78 is 0.821. The molecule has 0 aliphatic carbocycles. The van der Waals surface area contributed by atoms with E-state index in [0.717, 1.165) is 14.7 Å². The zero-order valence-corrected chi connectivity index (χ0v) is 14.1. The van der Waals surface area contributed by atoms with Gasteiger partial charge in [0.1, 0.15) is 0 Å². The van der Waals surface area contributed by atoms with E-state index in [1.54, 1.807) is 18.2 Å². The van der Waals surface area contributed by atoms with Gasteiger partial charge in [-0.15, -0.1) is 0 Å². The maximum Gasteiger partial charge on any atom is 0.270 e. The molecule has 2 aromatic rings. The van der Waals surface area contributed by atoms with Crippen molar-refractivity contribution in [1.82, 2.24) is 10.9 Å². The highest BCUT2D eigenvalue weighted by Crippen LogP contribution is 2.10. The molecule has 0 saturated carbocycles. The van der Waals surface area contributed by atoms with Gasteiger partial charge in [-0.3, -0.25) is 20.4 Å². The van der Waals surface area contributed by atoms with Crippen LogP contribution >= 0.6 is 22.6 Å². The Morgan fingerprint density at radius 3 is 2.36 bits per heavy atom. The van der Waals surface area contributed by atoms with E-state index >= 15 is 0 Å². The maximum absolute atomic E-state index is 11.9. The van der Waals surface area contributed by atoms with Gasteiger partial charge in [-0.05, 0) is 53.3 Å². The molecular weight excluding hydrogens is 391 g/mol. The van der Waals surface area contributed by atoms with Gasteiger partial charge in [-0.1, -0.05) is 42.0 Å². The van der Waals surface area contributed by atoms with Gasteiger partial charge in [0.2, 0.25) is 0 Å². The molecular formula is C17H15IN2O2. The summed E-state index contributed by atoms with van der Waals surface area (Å²) in [5, 5.41) is 0. The van der Waals surface area contributed by atoms with Crippen molar-refractivity contribution in [3.8, 4) is 0 Å². The fourth-order valence-corrected chi connectivity index (χ4v) is 2.35. The van der Waals surface area contributed by atoms with Gasteiger partial charge in [-0.2, -0.15) is 0 Å². The molecule has 2 rings (SSSR count). The number of nitrogens with one attached hydrogen (secondary N) is 2. The molecule has 4 nitrogen and oxygen atoms in total. The summed E-state index contributed by atoms with van der Waals surface area (Å²) in [5.74, 6) is -0.734. The van der Waals surface area contributed by atoms with Crippen molar-refractivity contribution in [1.29, 1.82) is 0 Å². The van der Waals surface area contributed by atoms with Crippen molar-refractivity contribution in [2.75, 3.05) is 0 Å². The molecule has 0 spiro atoms. The highest BCUT2D eigenvalue weighted by atomic mass is 127. The average Bonchev–Trinajstić information content (AvgIpc) is 2.52. The van der Waals surface area contributed by atoms with E-state index in [2.05, 4.69) is 33.4 Å².